The highest BCUT2D eigenvalue weighted by Crippen LogP contribution is 2.12. The molecule has 0 unspecified atom stereocenters. The molecule has 0 aliphatic carbocycles. The Kier molecular flexibility index (Phi) is 7.61. The van der Waals surface area contributed by atoms with E-state index >= 15 is 0 Å². The Labute approximate surface area is 113 Å². The Morgan fingerprint density at radius 3 is 2.88 bits per heavy atom. The van der Waals surface area contributed by atoms with Crippen LogP contribution in [0.25, 0.3) is 0 Å². The second-order valence-corrected chi connectivity index (χ2v) is 2.85. The van der Waals surface area contributed by atoms with E-state index in [-0.39, 0.29) is 24.0 Å². The molecule has 16 heavy (non-hydrogen) atoms. The average molecular weight is 336 g/mol. The summed E-state index contributed by atoms with van der Waals surface area (Å²) in [5.41, 5.74) is 0.997. The minimum absolute atomic E-state index is 0. The molecule has 0 spiro atoms. The number of guanidine groups is 1. The molecule has 0 saturated carbocycles. The number of ether oxygens (including phenoxy) is 1. The maximum Gasteiger partial charge on any atom is 0.218 e. The highest BCUT2D eigenvalue weighted by atomic mass is 127. The van der Waals surface area contributed by atoms with E-state index in [0.717, 1.165) is 11.5 Å². The van der Waals surface area contributed by atoms with Gasteiger partial charge in [-0.15, -0.1) is 24.0 Å². The third-order valence-corrected chi connectivity index (χ3v) is 1.95. The van der Waals surface area contributed by atoms with Crippen LogP contribution in [-0.2, 0) is 6.54 Å². The standard InChI is InChI=1S/C10H16N4O.HI/c1-11-10(12-2)14-7-8-5-4-6-13-9(8)15-3;/h4-6H,7H2,1-3H3,(H2,11,12,14);1H. The van der Waals surface area contributed by atoms with Crippen molar-refractivity contribution in [3.05, 3.63) is 23.9 Å². The summed E-state index contributed by atoms with van der Waals surface area (Å²) in [6.45, 7) is 0.629. The summed E-state index contributed by atoms with van der Waals surface area (Å²) in [6.07, 6.45) is 1.70. The van der Waals surface area contributed by atoms with Crippen LogP contribution in [0.15, 0.2) is 23.3 Å². The summed E-state index contributed by atoms with van der Waals surface area (Å²) < 4.78 is 5.13. The van der Waals surface area contributed by atoms with E-state index in [0.29, 0.717) is 12.4 Å². The van der Waals surface area contributed by atoms with Crippen molar-refractivity contribution in [2.75, 3.05) is 21.2 Å². The number of aliphatic imine (C=N–C) groups is 1. The van der Waals surface area contributed by atoms with Gasteiger partial charge in [0.15, 0.2) is 5.96 Å². The van der Waals surface area contributed by atoms with Crippen molar-refractivity contribution in [3.63, 3.8) is 0 Å². The lowest BCUT2D eigenvalue weighted by Gasteiger charge is -2.10. The predicted octanol–water partition coefficient (Wildman–Crippen LogP) is 1.00. The minimum atomic E-state index is 0. The Balaban J connectivity index is 0.00000225. The lowest BCUT2D eigenvalue weighted by atomic mass is 10.3. The van der Waals surface area contributed by atoms with Crippen molar-refractivity contribution >= 4 is 29.9 Å². The normalized spacial score (nSPS) is 10.3. The number of nitrogens with one attached hydrogen (secondary N) is 2. The highest BCUT2D eigenvalue weighted by molar-refractivity contribution is 14.0. The maximum absolute atomic E-state index is 5.13. The van der Waals surface area contributed by atoms with E-state index in [2.05, 4.69) is 20.6 Å². The fourth-order valence-electron chi connectivity index (χ4n) is 1.20. The summed E-state index contributed by atoms with van der Waals surface area (Å²) in [6, 6.07) is 3.84. The van der Waals surface area contributed by atoms with Gasteiger partial charge in [0.1, 0.15) is 0 Å². The van der Waals surface area contributed by atoms with Crippen molar-refractivity contribution < 1.29 is 4.74 Å². The molecule has 0 aliphatic rings. The van der Waals surface area contributed by atoms with Crippen molar-refractivity contribution in [1.82, 2.24) is 15.6 Å². The van der Waals surface area contributed by atoms with Gasteiger partial charge < -0.3 is 15.4 Å². The summed E-state index contributed by atoms with van der Waals surface area (Å²) in [7, 11) is 5.15. The molecule has 0 radical (unpaired) electrons. The van der Waals surface area contributed by atoms with E-state index < -0.39 is 0 Å². The predicted molar refractivity (Wildman–Crippen MR) is 75.5 cm³/mol. The summed E-state index contributed by atoms with van der Waals surface area (Å²) >= 11 is 0. The molecule has 1 rings (SSSR count). The van der Waals surface area contributed by atoms with Crippen molar-refractivity contribution in [3.8, 4) is 5.88 Å². The molecule has 0 aromatic carbocycles. The number of aromatic nitrogens is 1. The zero-order valence-electron chi connectivity index (χ0n) is 9.65. The van der Waals surface area contributed by atoms with Crippen molar-refractivity contribution in [2.24, 2.45) is 4.99 Å². The molecule has 0 bridgehead atoms. The molecular formula is C10H17IN4O. The summed E-state index contributed by atoms with van der Waals surface area (Å²) in [5.74, 6) is 1.37. The number of pyridine rings is 1. The first-order chi connectivity index (χ1) is 7.31. The molecule has 0 aliphatic heterocycles. The van der Waals surface area contributed by atoms with Gasteiger partial charge in [-0.25, -0.2) is 4.98 Å². The fraction of sp³-hybridized carbons (Fsp3) is 0.400. The minimum Gasteiger partial charge on any atom is -0.481 e. The van der Waals surface area contributed by atoms with Gasteiger partial charge in [-0.05, 0) is 6.07 Å². The third kappa shape index (κ3) is 4.21. The van der Waals surface area contributed by atoms with Crippen LogP contribution in [0.3, 0.4) is 0 Å². The second kappa shape index (κ2) is 8.14. The Morgan fingerprint density at radius 1 is 1.56 bits per heavy atom. The van der Waals surface area contributed by atoms with Gasteiger partial charge >= 0.3 is 0 Å². The van der Waals surface area contributed by atoms with Crippen LogP contribution in [0.2, 0.25) is 0 Å². The number of methoxy groups -OCH3 is 1. The SMILES string of the molecule is CN=C(NC)NCc1cccnc1OC.I. The monoisotopic (exact) mass is 336 g/mol. The van der Waals surface area contributed by atoms with Crippen molar-refractivity contribution in [2.45, 2.75) is 6.54 Å². The van der Waals surface area contributed by atoms with Gasteiger partial charge in [0, 0.05) is 32.4 Å². The van der Waals surface area contributed by atoms with E-state index in [1.165, 1.54) is 0 Å². The second-order valence-electron chi connectivity index (χ2n) is 2.85. The van der Waals surface area contributed by atoms with E-state index in [4.69, 9.17) is 4.74 Å². The number of hydrogen-bond donors (Lipinski definition) is 2. The molecule has 6 heteroatoms. The van der Waals surface area contributed by atoms with Crippen LogP contribution >= 0.6 is 24.0 Å². The van der Waals surface area contributed by atoms with E-state index in [9.17, 15) is 0 Å². The van der Waals surface area contributed by atoms with Gasteiger partial charge in [-0.3, -0.25) is 4.99 Å². The zero-order chi connectivity index (χ0) is 11.1. The smallest absolute Gasteiger partial charge is 0.218 e. The summed E-state index contributed by atoms with van der Waals surface area (Å²) in [5, 5.41) is 6.07. The molecule has 0 amide bonds. The average Bonchev–Trinajstić information content (AvgIpc) is 2.31. The molecule has 1 aromatic rings. The van der Waals surface area contributed by atoms with Gasteiger partial charge in [-0.2, -0.15) is 0 Å². The van der Waals surface area contributed by atoms with Crippen LogP contribution in [0.1, 0.15) is 5.56 Å². The first-order valence-corrected chi connectivity index (χ1v) is 4.68. The Morgan fingerprint density at radius 2 is 2.31 bits per heavy atom. The molecule has 1 aromatic heterocycles. The number of halogens is 1. The quantitative estimate of drug-likeness (QED) is 0.491. The van der Waals surface area contributed by atoms with Crippen LogP contribution in [0.5, 0.6) is 5.88 Å². The maximum atomic E-state index is 5.13. The first-order valence-electron chi connectivity index (χ1n) is 4.68. The molecule has 0 saturated heterocycles. The zero-order valence-corrected chi connectivity index (χ0v) is 12.0. The third-order valence-electron chi connectivity index (χ3n) is 1.95. The van der Waals surface area contributed by atoms with Crippen LogP contribution in [-0.4, -0.2) is 32.1 Å². The lowest BCUT2D eigenvalue weighted by molar-refractivity contribution is 0.392. The fourth-order valence-corrected chi connectivity index (χ4v) is 1.20. The molecule has 90 valence electrons. The van der Waals surface area contributed by atoms with E-state index in [1.54, 1.807) is 20.4 Å². The van der Waals surface area contributed by atoms with Crippen molar-refractivity contribution in [1.29, 1.82) is 0 Å². The number of rotatable bonds is 3. The largest absolute Gasteiger partial charge is 0.481 e. The molecule has 1 heterocycles. The van der Waals surface area contributed by atoms with Crippen LogP contribution in [0.4, 0.5) is 0 Å². The molecule has 0 fully saturated rings. The lowest BCUT2D eigenvalue weighted by Crippen LogP contribution is -2.34. The Bertz CT molecular complexity index is 343. The molecule has 2 N–H and O–H groups in total. The number of hydrogen-bond acceptors (Lipinski definition) is 3. The number of nitrogens with zero attached hydrogens (tertiary/aromatic N) is 2. The summed E-state index contributed by atoms with van der Waals surface area (Å²) in [4.78, 5) is 8.11. The van der Waals surface area contributed by atoms with Crippen LogP contribution in [0, 0.1) is 0 Å². The van der Waals surface area contributed by atoms with Gasteiger partial charge in [-0.1, -0.05) is 6.07 Å². The van der Waals surface area contributed by atoms with Crippen LogP contribution < -0.4 is 15.4 Å². The highest BCUT2D eigenvalue weighted by Gasteiger charge is 2.03. The molecule has 5 nitrogen and oxygen atoms in total. The molecule has 0 atom stereocenters. The molecular weight excluding hydrogens is 319 g/mol. The van der Waals surface area contributed by atoms with Gasteiger partial charge in [0.2, 0.25) is 5.88 Å². The topological polar surface area (TPSA) is 58.5 Å². The van der Waals surface area contributed by atoms with Gasteiger partial charge in [0.05, 0.1) is 7.11 Å². The van der Waals surface area contributed by atoms with E-state index in [1.807, 2.05) is 19.2 Å². The van der Waals surface area contributed by atoms with Gasteiger partial charge in [0.25, 0.3) is 0 Å². The Hall–Kier alpha value is -1.05. The first kappa shape index (κ1) is 14.9.